The number of esters is 3. The van der Waals surface area contributed by atoms with Gasteiger partial charge in [0.15, 0.2) is 6.10 Å². The molecule has 0 saturated carbocycles. The van der Waals surface area contributed by atoms with Crippen molar-refractivity contribution in [3.05, 3.63) is 109 Å². The average Bonchev–Trinajstić information content (AvgIpc) is 3.41. The molecule has 0 radical (unpaired) electrons. The summed E-state index contributed by atoms with van der Waals surface area (Å²) in [7, 11) is -4.78. The predicted octanol–water partition coefficient (Wildman–Crippen LogP) is 17.8. The zero-order valence-corrected chi connectivity index (χ0v) is 48.8. The van der Waals surface area contributed by atoms with Crippen LogP contribution in [0.2, 0.25) is 0 Å². The Morgan fingerprint density at radius 1 is 0.382 bits per heavy atom. The van der Waals surface area contributed by atoms with E-state index in [9.17, 15) is 28.9 Å². The maximum absolute atomic E-state index is 12.9. The van der Waals surface area contributed by atoms with Gasteiger partial charge in [-0.15, -0.1) is 0 Å². The van der Waals surface area contributed by atoms with E-state index in [0.717, 1.165) is 103 Å². The second kappa shape index (κ2) is 57.3. The minimum absolute atomic E-state index is 0.0380. The lowest BCUT2D eigenvalue weighted by Crippen LogP contribution is -2.30. The van der Waals surface area contributed by atoms with Gasteiger partial charge in [-0.2, -0.15) is 0 Å². The molecule has 0 aliphatic heterocycles. The summed E-state index contributed by atoms with van der Waals surface area (Å²) < 4.78 is 39.5. The minimum atomic E-state index is -4.78. The standard InChI is InChI=1S/C64H107O11P/c1-4-7-10-13-16-19-22-25-28-29-30-31-34-37-40-43-46-49-52-55-64(68)75-61(57-71-62(66)53-50-47-44-41-38-35-32-26-23-20-17-14-11-8-5-2)59-73-76(69,70)72-58-60(56-65)74-63(67)54-51-48-45-42-39-36-33-27-24-21-18-15-12-9-6-3/h7,9-10,12,16,18-19,21,25,27-28,30-31,33,37,40,46,49,60-61,65H,4-6,8,11,13-15,17,20,22-24,26,29,32,34-36,38-39,41-45,47-48,50-59H2,1-3H3,(H,69,70)/b10-7-,12-9-,19-16-,21-18-,28-25-,31-30-,33-27-,40-37-,49-46-. The summed E-state index contributed by atoms with van der Waals surface area (Å²) in [5.41, 5.74) is 0. The second-order valence-electron chi connectivity index (χ2n) is 19.4. The molecule has 0 aliphatic rings. The van der Waals surface area contributed by atoms with Crippen molar-refractivity contribution in [1.82, 2.24) is 0 Å². The van der Waals surface area contributed by atoms with Gasteiger partial charge in [-0.1, -0.05) is 239 Å². The van der Waals surface area contributed by atoms with E-state index in [1.165, 1.54) is 70.6 Å². The molecule has 0 aromatic heterocycles. The third kappa shape index (κ3) is 54.9. The van der Waals surface area contributed by atoms with Crippen molar-refractivity contribution in [2.45, 2.75) is 251 Å². The molecule has 3 atom stereocenters. The number of allylic oxidation sites excluding steroid dienone is 18. The van der Waals surface area contributed by atoms with Crippen molar-refractivity contribution in [1.29, 1.82) is 0 Å². The van der Waals surface area contributed by atoms with Gasteiger partial charge in [-0.3, -0.25) is 23.4 Å². The molecule has 3 unspecified atom stereocenters. The molecule has 0 aromatic rings. The minimum Gasteiger partial charge on any atom is -0.462 e. The number of hydrogen-bond donors (Lipinski definition) is 2. The molecule has 0 bridgehead atoms. The summed E-state index contributed by atoms with van der Waals surface area (Å²) >= 11 is 0. The molecule has 0 aromatic carbocycles. The monoisotopic (exact) mass is 1080 g/mol. The van der Waals surface area contributed by atoms with Gasteiger partial charge < -0.3 is 24.2 Å². The lowest BCUT2D eigenvalue weighted by molar-refractivity contribution is -0.161. The molecule has 0 spiro atoms. The van der Waals surface area contributed by atoms with E-state index in [4.69, 9.17) is 23.3 Å². The number of hydrogen-bond acceptors (Lipinski definition) is 10. The fourth-order valence-electron chi connectivity index (χ4n) is 7.75. The van der Waals surface area contributed by atoms with Gasteiger partial charge in [-0.05, 0) is 89.9 Å². The van der Waals surface area contributed by atoms with Gasteiger partial charge >= 0.3 is 25.7 Å². The molecule has 0 heterocycles. The fraction of sp³-hybridized carbons (Fsp3) is 0.672. The fourth-order valence-corrected chi connectivity index (χ4v) is 8.53. The van der Waals surface area contributed by atoms with Gasteiger partial charge in [-0.25, -0.2) is 4.57 Å². The SMILES string of the molecule is CC/C=C\C/C=C\C/C=C\C/C=C\C/C=C\C/C=C\CCC(=O)OC(COC(=O)CCCCCCCCCCCCCCCCC)COP(=O)(O)OCC(CO)OC(=O)CCCCCCC/C=C\C/C=C\C/C=C\CC. The highest BCUT2D eigenvalue weighted by atomic mass is 31.2. The van der Waals surface area contributed by atoms with Crippen LogP contribution in [0.15, 0.2) is 109 Å². The van der Waals surface area contributed by atoms with Gasteiger partial charge in [0.05, 0.1) is 19.8 Å². The van der Waals surface area contributed by atoms with Crippen LogP contribution in [0.3, 0.4) is 0 Å². The number of ether oxygens (including phenoxy) is 3. The number of carbonyl (C=O) groups is 3. The van der Waals surface area contributed by atoms with E-state index in [-0.39, 0.29) is 25.9 Å². The Morgan fingerprint density at radius 2 is 0.711 bits per heavy atom. The lowest BCUT2D eigenvalue weighted by Gasteiger charge is -2.21. The van der Waals surface area contributed by atoms with Gasteiger partial charge in [0, 0.05) is 19.3 Å². The molecule has 11 nitrogen and oxygen atoms in total. The Labute approximate surface area is 463 Å². The first-order chi connectivity index (χ1) is 37.2. The summed E-state index contributed by atoms with van der Waals surface area (Å²) in [6.07, 6.45) is 69.2. The molecule has 12 heteroatoms. The van der Waals surface area contributed by atoms with Gasteiger partial charge in [0.1, 0.15) is 12.7 Å². The zero-order valence-electron chi connectivity index (χ0n) is 47.9. The van der Waals surface area contributed by atoms with Crippen LogP contribution in [-0.2, 0) is 42.2 Å². The maximum atomic E-state index is 12.9. The number of carbonyl (C=O) groups excluding carboxylic acids is 3. The number of phosphoric ester groups is 1. The summed E-state index contributed by atoms with van der Waals surface area (Å²) in [5.74, 6) is -1.59. The van der Waals surface area contributed by atoms with Crippen LogP contribution in [0.25, 0.3) is 0 Å². The second-order valence-corrected chi connectivity index (χ2v) is 20.9. The van der Waals surface area contributed by atoms with Crippen molar-refractivity contribution in [3.63, 3.8) is 0 Å². The smallest absolute Gasteiger partial charge is 0.462 e. The summed E-state index contributed by atoms with van der Waals surface area (Å²) in [4.78, 5) is 48.6. The topological polar surface area (TPSA) is 155 Å². The van der Waals surface area contributed by atoms with Crippen LogP contribution < -0.4 is 0 Å². The summed E-state index contributed by atoms with van der Waals surface area (Å²) in [6.45, 7) is 4.32. The highest BCUT2D eigenvalue weighted by molar-refractivity contribution is 7.47. The number of aliphatic hydroxyl groups is 1. The van der Waals surface area contributed by atoms with E-state index in [1.54, 1.807) is 0 Å². The van der Waals surface area contributed by atoms with Crippen molar-refractivity contribution in [3.8, 4) is 0 Å². The summed E-state index contributed by atoms with van der Waals surface area (Å²) in [5, 5.41) is 9.82. The van der Waals surface area contributed by atoms with Crippen LogP contribution in [0.1, 0.15) is 239 Å². The first-order valence-electron chi connectivity index (χ1n) is 29.8. The largest absolute Gasteiger partial charge is 0.472 e. The molecule has 76 heavy (non-hydrogen) atoms. The molecular formula is C64H107O11P. The van der Waals surface area contributed by atoms with Crippen molar-refractivity contribution in [2.24, 2.45) is 0 Å². The third-order valence-electron chi connectivity index (χ3n) is 12.2. The highest BCUT2D eigenvalue weighted by Crippen LogP contribution is 2.43. The number of rotatable bonds is 54. The molecule has 2 N–H and O–H groups in total. The highest BCUT2D eigenvalue weighted by Gasteiger charge is 2.28. The number of unbranched alkanes of at least 4 members (excludes halogenated alkanes) is 19. The Balaban J connectivity index is 4.85. The van der Waals surface area contributed by atoms with Crippen LogP contribution >= 0.6 is 7.82 Å². The molecular weight excluding hydrogens is 976 g/mol. The van der Waals surface area contributed by atoms with Crippen LogP contribution in [0.4, 0.5) is 0 Å². The molecule has 0 fully saturated rings. The predicted molar refractivity (Wildman–Crippen MR) is 316 cm³/mol. The Bertz CT molecular complexity index is 1690. The first kappa shape index (κ1) is 72.1. The van der Waals surface area contributed by atoms with E-state index in [1.807, 2.05) is 12.2 Å². The molecule has 0 rings (SSSR count). The Hall–Kier alpha value is -3.86. The zero-order chi connectivity index (χ0) is 55.5. The molecule has 0 saturated heterocycles. The molecule has 0 aliphatic carbocycles. The van der Waals surface area contributed by atoms with Crippen LogP contribution in [0.5, 0.6) is 0 Å². The van der Waals surface area contributed by atoms with Crippen molar-refractivity contribution in [2.75, 3.05) is 26.4 Å². The quantitative estimate of drug-likeness (QED) is 0.0197. The van der Waals surface area contributed by atoms with Gasteiger partial charge in [0.2, 0.25) is 0 Å². The average molecular weight is 1080 g/mol. The Morgan fingerprint density at radius 3 is 1.13 bits per heavy atom. The van der Waals surface area contributed by atoms with Crippen LogP contribution in [-0.4, -0.2) is 66.5 Å². The number of aliphatic hydroxyl groups excluding tert-OH is 1. The van der Waals surface area contributed by atoms with E-state index in [2.05, 4.69) is 118 Å². The van der Waals surface area contributed by atoms with E-state index >= 15 is 0 Å². The molecule has 434 valence electrons. The normalized spacial score (nSPS) is 14.1. The number of phosphoric acid groups is 1. The maximum Gasteiger partial charge on any atom is 0.472 e. The van der Waals surface area contributed by atoms with E-state index in [0.29, 0.717) is 25.7 Å². The lowest BCUT2D eigenvalue weighted by atomic mass is 10.0. The Kier molecular flexibility index (Phi) is 54.4. The van der Waals surface area contributed by atoms with E-state index < -0.39 is 57.8 Å². The first-order valence-corrected chi connectivity index (χ1v) is 31.3. The molecule has 0 amide bonds. The van der Waals surface area contributed by atoms with Crippen LogP contribution in [0, 0.1) is 0 Å². The van der Waals surface area contributed by atoms with Gasteiger partial charge in [0.25, 0.3) is 0 Å². The third-order valence-corrected chi connectivity index (χ3v) is 13.2. The summed E-state index contributed by atoms with van der Waals surface area (Å²) in [6, 6.07) is 0. The van der Waals surface area contributed by atoms with Crippen molar-refractivity contribution < 1.29 is 52.2 Å². The van der Waals surface area contributed by atoms with Crippen molar-refractivity contribution >= 4 is 25.7 Å².